The third kappa shape index (κ3) is 4.89. The van der Waals surface area contributed by atoms with Gasteiger partial charge in [-0.1, -0.05) is 24.3 Å². The molecule has 2 fully saturated rings. The molecule has 2 heterocycles. The fourth-order valence-electron chi connectivity index (χ4n) is 3.82. The molecule has 8 heteroatoms. The van der Waals surface area contributed by atoms with Gasteiger partial charge in [-0.15, -0.1) is 24.0 Å². The van der Waals surface area contributed by atoms with Crippen molar-refractivity contribution in [3.8, 4) is 0 Å². The van der Waals surface area contributed by atoms with Crippen LogP contribution in [0.1, 0.15) is 29.9 Å². The average Bonchev–Trinajstić information content (AvgIpc) is 3.19. The lowest BCUT2D eigenvalue weighted by molar-refractivity contribution is 0.434. The maximum Gasteiger partial charge on any atom is 0.214 e. The molecule has 0 aliphatic carbocycles. The Morgan fingerprint density at radius 2 is 2.08 bits per heavy atom. The smallest absolute Gasteiger partial charge is 0.214 e. The second kappa shape index (κ2) is 9.36. The molecule has 2 saturated heterocycles. The lowest BCUT2D eigenvalue weighted by Gasteiger charge is -2.23. The SMILES string of the molecule is CN=C(NCCN1CCCS1(=O)=O)N1CCC(c2ccccc2C)C1.I. The van der Waals surface area contributed by atoms with Crippen LogP contribution in [0.4, 0.5) is 0 Å². The lowest BCUT2D eigenvalue weighted by Crippen LogP contribution is -2.43. The molecule has 26 heavy (non-hydrogen) atoms. The van der Waals surface area contributed by atoms with E-state index in [-0.39, 0.29) is 29.7 Å². The number of halogens is 1. The molecule has 0 aromatic heterocycles. The number of nitrogens with zero attached hydrogens (tertiary/aromatic N) is 3. The third-order valence-electron chi connectivity index (χ3n) is 5.18. The van der Waals surface area contributed by atoms with E-state index in [1.54, 1.807) is 11.4 Å². The number of rotatable bonds is 4. The van der Waals surface area contributed by atoms with E-state index in [4.69, 9.17) is 0 Å². The van der Waals surface area contributed by atoms with Gasteiger partial charge in [0.25, 0.3) is 0 Å². The molecule has 0 bridgehead atoms. The van der Waals surface area contributed by atoms with E-state index in [0.29, 0.717) is 25.6 Å². The molecule has 0 saturated carbocycles. The normalized spacial score (nSPS) is 23.1. The van der Waals surface area contributed by atoms with Crippen molar-refractivity contribution in [2.75, 3.05) is 45.5 Å². The first-order valence-electron chi connectivity index (χ1n) is 9.00. The highest BCUT2D eigenvalue weighted by Crippen LogP contribution is 2.29. The molecule has 6 nitrogen and oxygen atoms in total. The first-order valence-corrected chi connectivity index (χ1v) is 10.6. The van der Waals surface area contributed by atoms with Crippen LogP contribution in [-0.4, -0.2) is 69.1 Å². The molecular weight excluding hydrogens is 463 g/mol. The van der Waals surface area contributed by atoms with Gasteiger partial charge in [0.05, 0.1) is 5.75 Å². The number of likely N-dealkylation sites (tertiary alicyclic amines) is 1. The quantitative estimate of drug-likeness (QED) is 0.397. The molecule has 1 unspecified atom stereocenters. The zero-order valence-corrected chi connectivity index (χ0v) is 18.7. The van der Waals surface area contributed by atoms with E-state index in [1.165, 1.54) is 11.1 Å². The van der Waals surface area contributed by atoms with Gasteiger partial charge in [-0.25, -0.2) is 12.7 Å². The van der Waals surface area contributed by atoms with Crippen LogP contribution in [-0.2, 0) is 10.0 Å². The van der Waals surface area contributed by atoms with Crippen molar-refractivity contribution < 1.29 is 8.42 Å². The number of hydrogen-bond acceptors (Lipinski definition) is 3. The summed E-state index contributed by atoms with van der Waals surface area (Å²) in [7, 11) is -1.23. The van der Waals surface area contributed by atoms with Gasteiger partial charge < -0.3 is 10.2 Å². The van der Waals surface area contributed by atoms with E-state index in [0.717, 1.165) is 31.9 Å². The summed E-state index contributed by atoms with van der Waals surface area (Å²) in [5.41, 5.74) is 2.76. The van der Waals surface area contributed by atoms with Crippen molar-refractivity contribution in [3.05, 3.63) is 35.4 Å². The molecular formula is C18H29IN4O2S. The van der Waals surface area contributed by atoms with Gasteiger partial charge in [0.2, 0.25) is 10.0 Å². The van der Waals surface area contributed by atoms with Crippen LogP contribution < -0.4 is 5.32 Å². The minimum atomic E-state index is -3.02. The van der Waals surface area contributed by atoms with Gasteiger partial charge in [-0.2, -0.15) is 0 Å². The zero-order valence-electron chi connectivity index (χ0n) is 15.5. The Hall–Kier alpha value is -0.870. The molecule has 2 aliphatic heterocycles. The molecule has 3 rings (SSSR count). The fraction of sp³-hybridized carbons (Fsp3) is 0.611. The maximum absolute atomic E-state index is 11.9. The topological polar surface area (TPSA) is 65.0 Å². The van der Waals surface area contributed by atoms with E-state index in [9.17, 15) is 8.42 Å². The Morgan fingerprint density at radius 3 is 2.73 bits per heavy atom. The van der Waals surface area contributed by atoms with Gasteiger partial charge in [0.1, 0.15) is 0 Å². The Bertz CT molecular complexity index is 738. The van der Waals surface area contributed by atoms with E-state index in [2.05, 4.69) is 46.4 Å². The number of nitrogens with one attached hydrogen (secondary N) is 1. The molecule has 1 aromatic rings. The summed E-state index contributed by atoms with van der Waals surface area (Å²) in [6.07, 6.45) is 1.85. The molecule has 0 amide bonds. The van der Waals surface area contributed by atoms with E-state index >= 15 is 0 Å². The Morgan fingerprint density at radius 1 is 1.31 bits per heavy atom. The van der Waals surface area contributed by atoms with Crippen molar-refractivity contribution in [2.45, 2.75) is 25.7 Å². The van der Waals surface area contributed by atoms with Gasteiger partial charge in [0.15, 0.2) is 5.96 Å². The Kier molecular flexibility index (Phi) is 7.72. The highest BCUT2D eigenvalue weighted by molar-refractivity contribution is 14.0. The fourth-order valence-corrected chi connectivity index (χ4v) is 5.35. The predicted octanol–water partition coefficient (Wildman–Crippen LogP) is 2.01. The van der Waals surface area contributed by atoms with Crippen LogP contribution in [0.5, 0.6) is 0 Å². The summed E-state index contributed by atoms with van der Waals surface area (Å²) < 4.78 is 25.3. The third-order valence-corrected chi connectivity index (χ3v) is 7.13. The van der Waals surface area contributed by atoms with Crippen LogP contribution in [0.15, 0.2) is 29.3 Å². The van der Waals surface area contributed by atoms with Crippen LogP contribution >= 0.6 is 24.0 Å². The molecule has 146 valence electrons. The second-order valence-corrected chi connectivity index (χ2v) is 8.92. The van der Waals surface area contributed by atoms with Crippen molar-refractivity contribution in [1.82, 2.24) is 14.5 Å². The number of aryl methyl sites for hydroxylation is 1. The summed E-state index contributed by atoms with van der Waals surface area (Å²) in [6, 6.07) is 8.58. The van der Waals surface area contributed by atoms with Crippen molar-refractivity contribution >= 4 is 40.0 Å². The minimum absolute atomic E-state index is 0. The summed E-state index contributed by atoms with van der Waals surface area (Å²) in [5, 5.41) is 3.33. The standard InChI is InChI=1S/C18H28N4O2S.HI/c1-15-6-3-4-7-17(15)16-8-11-21(14-16)18(19-2)20-9-12-22-10-5-13-25(22,23)24;/h3-4,6-7,16H,5,8-14H2,1-2H3,(H,19,20);1H. The number of guanidine groups is 1. The summed E-state index contributed by atoms with van der Waals surface area (Å²) in [5.74, 6) is 1.68. The summed E-state index contributed by atoms with van der Waals surface area (Å²) in [4.78, 5) is 6.66. The highest BCUT2D eigenvalue weighted by atomic mass is 127. The summed E-state index contributed by atoms with van der Waals surface area (Å²) in [6.45, 7) is 5.84. The largest absolute Gasteiger partial charge is 0.355 e. The monoisotopic (exact) mass is 492 g/mol. The average molecular weight is 492 g/mol. The van der Waals surface area contributed by atoms with Crippen LogP contribution in [0.2, 0.25) is 0 Å². The number of sulfonamides is 1. The highest BCUT2D eigenvalue weighted by Gasteiger charge is 2.29. The first-order chi connectivity index (χ1) is 12.0. The molecule has 2 aliphatic rings. The predicted molar refractivity (Wildman–Crippen MR) is 117 cm³/mol. The van der Waals surface area contributed by atoms with Crippen molar-refractivity contribution in [1.29, 1.82) is 0 Å². The maximum atomic E-state index is 11.9. The van der Waals surface area contributed by atoms with Gasteiger partial charge in [0, 0.05) is 45.7 Å². The van der Waals surface area contributed by atoms with Crippen molar-refractivity contribution in [2.24, 2.45) is 4.99 Å². The van der Waals surface area contributed by atoms with Gasteiger partial charge >= 0.3 is 0 Å². The van der Waals surface area contributed by atoms with Crippen LogP contribution in [0.25, 0.3) is 0 Å². The van der Waals surface area contributed by atoms with Gasteiger partial charge in [-0.3, -0.25) is 4.99 Å². The number of benzene rings is 1. The molecule has 1 atom stereocenters. The Balaban J connectivity index is 0.00000243. The number of aliphatic imine (C=N–C) groups is 1. The molecule has 1 aromatic carbocycles. The molecule has 0 radical (unpaired) electrons. The molecule has 1 N–H and O–H groups in total. The second-order valence-electron chi connectivity index (χ2n) is 6.83. The van der Waals surface area contributed by atoms with E-state index < -0.39 is 10.0 Å². The minimum Gasteiger partial charge on any atom is -0.355 e. The molecule has 0 spiro atoms. The lowest BCUT2D eigenvalue weighted by atomic mass is 9.94. The van der Waals surface area contributed by atoms with Crippen LogP contribution in [0.3, 0.4) is 0 Å². The van der Waals surface area contributed by atoms with Crippen LogP contribution in [0, 0.1) is 6.92 Å². The number of hydrogen-bond donors (Lipinski definition) is 1. The van der Waals surface area contributed by atoms with Crippen molar-refractivity contribution in [3.63, 3.8) is 0 Å². The summed E-state index contributed by atoms with van der Waals surface area (Å²) >= 11 is 0. The zero-order chi connectivity index (χ0) is 17.9. The Labute approximate surface area is 174 Å². The van der Waals surface area contributed by atoms with E-state index in [1.807, 2.05) is 0 Å². The van der Waals surface area contributed by atoms with Gasteiger partial charge in [-0.05, 0) is 30.9 Å². The first kappa shape index (κ1) is 21.4.